The standard InChI is InChI=1S/C10H8F2O3/c1-6-2-3-9(15-10(11)12)8(5-14)7(6)4-13/h2-5,10H,1H3. The lowest BCUT2D eigenvalue weighted by molar-refractivity contribution is -0.0501. The van der Waals surface area contributed by atoms with Crippen molar-refractivity contribution in [3.63, 3.8) is 0 Å². The molecule has 1 aromatic carbocycles. The summed E-state index contributed by atoms with van der Waals surface area (Å²) >= 11 is 0. The fourth-order valence-corrected chi connectivity index (χ4v) is 1.20. The molecule has 0 saturated carbocycles. The summed E-state index contributed by atoms with van der Waals surface area (Å²) in [6.45, 7) is -1.42. The molecule has 0 unspecified atom stereocenters. The van der Waals surface area contributed by atoms with E-state index in [1.165, 1.54) is 12.1 Å². The SMILES string of the molecule is Cc1ccc(OC(F)F)c(C=O)c1C=O. The minimum atomic E-state index is -3.02. The molecule has 0 aliphatic heterocycles. The highest BCUT2D eigenvalue weighted by Crippen LogP contribution is 2.24. The van der Waals surface area contributed by atoms with Crippen LogP contribution < -0.4 is 4.74 Å². The van der Waals surface area contributed by atoms with Gasteiger partial charge in [-0.3, -0.25) is 9.59 Å². The number of halogens is 2. The molecule has 0 saturated heterocycles. The third-order valence-electron chi connectivity index (χ3n) is 1.92. The first kappa shape index (κ1) is 11.3. The van der Waals surface area contributed by atoms with Crippen LogP contribution in [0.15, 0.2) is 12.1 Å². The number of carbonyl (C=O) groups is 2. The highest BCUT2D eigenvalue weighted by molar-refractivity contribution is 5.94. The number of ether oxygens (including phenoxy) is 1. The van der Waals surface area contributed by atoms with E-state index in [2.05, 4.69) is 4.74 Å². The van der Waals surface area contributed by atoms with Crippen molar-refractivity contribution in [1.29, 1.82) is 0 Å². The van der Waals surface area contributed by atoms with Crippen LogP contribution in [0, 0.1) is 6.92 Å². The van der Waals surface area contributed by atoms with E-state index in [9.17, 15) is 18.4 Å². The molecule has 0 bridgehead atoms. The minimum Gasteiger partial charge on any atom is -0.434 e. The van der Waals surface area contributed by atoms with Crippen LogP contribution >= 0.6 is 0 Å². The van der Waals surface area contributed by atoms with Crippen molar-refractivity contribution in [2.75, 3.05) is 0 Å². The van der Waals surface area contributed by atoms with Crippen LogP contribution in [-0.2, 0) is 0 Å². The Labute approximate surface area is 84.7 Å². The van der Waals surface area contributed by atoms with Gasteiger partial charge in [0.1, 0.15) is 5.75 Å². The predicted octanol–water partition coefficient (Wildman–Crippen LogP) is 2.22. The minimum absolute atomic E-state index is 0.0724. The number of aldehydes is 2. The molecule has 15 heavy (non-hydrogen) atoms. The third-order valence-corrected chi connectivity index (χ3v) is 1.92. The van der Waals surface area contributed by atoms with Gasteiger partial charge >= 0.3 is 6.61 Å². The number of benzene rings is 1. The topological polar surface area (TPSA) is 43.4 Å². The van der Waals surface area contributed by atoms with E-state index in [0.717, 1.165) is 0 Å². The Morgan fingerprint density at radius 3 is 2.27 bits per heavy atom. The molecule has 1 rings (SSSR count). The third kappa shape index (κ3) is 2.37. The summed E-state index contributed by atoms with van der Waals surface area (Å²) in [7, 11) is 0. The fraction of sp³-hybridized carbons (Fsp3) is 0.200. The van der Waals surface area contributed by atoms with Gasteiger partial charge in [-0.1, -0.05) is 6.07 Å². The van der Waals surface area contributed by atoms with Gasteiger partial charge in [0.15, 0.2) is 12.6 Å². The molecule has 0 amide bonds. The van der Waals surface area contributed by atoms with Crippen LogP contribution in [0.25, 0.3) is 0 Å². The van der Waals surface area contributed by atoms with Crippen molar-refractivity contribution in [3.8, 4) is 5.75 Å². The Balaban J connectivity index is 3.28. The molecule has 0 aromatic heterocycles. The molecule has 1 aromatic rings. The molecule has 0 aliphatic rings. The van der Waals surface area contributed by atoms with Gasteiger partial charge in [-0.05, 0) is 18.6 Å². The molecule has 0 spiro atoms. The summed E-state index contributed by atoms with van der Waals surface area (Å²) in [5.74, 6) is -0.285. The summed E-state index contributed by atoms with van der Waals surface area (Å²) < 4.78 is 28.0. The number of rotatable bonds is 4. The maximum atomic E-state index is 11.9. The van der Waals surface area contributed by atoms with E-state index in [1.54, 1.807) is 6.92 Å². The van der Waals surface area contributed by atoms with Crippen molar-refractivity contribution in [2.45, 2.75) is 13.5 Å². The molecule has 0 heterocycles. The first-order valence-electron chi connectivity index (χ1n) is 4.09. The molecular weight excluding hydrogens is 206 g/mol. The van der Waals surface area contributed by atoms with Gasteiger partial charge < -0.3 is 4.74 Å². The average molecular weight is 214 g/mol. The van der Waals surface area contributed by atoms with Gasteiger partial charge in [-0.25, -0.2) is 0 Å². The number of hydrogen-bond donors (Lipinski definition) is 0. The van der Waals surface area contributed by atoms with Gasteiger partial charge in [-0.15, -0.1) is 0 Å². The van der Waals surface area contributed by atoms with Crippen LogP contribution in [0.2, 0.25) is 0 Å². The molecule has 3 nitrogen and oxygen atoms in total. The number of aryl methyl sites for hydroxylation is 1. The normalized spacial score (nSPS) is 10.1. The van der Waals surface area contributed by atoms with Gasteiger partial charge in [0.2, 0.25) is 0 Å². The maximum absolute atomic E-state index is 11.9. The quantitative estimate of drug-likeness (QED) is 0.722. The van der Waals surface area contributed by atoms with Crippen LogP contribution in [0.5, 0.6) is 5.75 Å². The lowest BCUT2D eigenvalue weighted by Gasteiger charge is -2.09. The van der Waals surface area contributed by atoms with E-state index in [0.29, 0.717) is 18.1 Å². The molecular formula is C10H8F2O3. The number of carbonyl (C=O) groups excluding carboxylic acids is 2. The van der Waals surface area contributed by atoms with E-state index in [-0.39, 0.29) is 16.9 Å². The summed E-state index contributed by atoms with van der Waals surface area (Å²) in [6.07, 6.45) is 0.770. The molecule has 0 atom stereocenters. The lowest BCUT2D eigenvalue weighted by Crippen LogP contribution is -2.06. The van der Waals surface area contributed by atoms with Gasteiger partial charge in [-0.2, -0.15) is 8.78 Å². The number of hydrogen-bond acceptors (Lipinski definition) is 3. The maximum Gasteiger partial charge on any atom is 0.387 e. The smallest absolute Gasteiger partial charge is 0.387 e. The fourth-order valence-electron chi connectivity index (χ4n) is 1.20. The molecule has 5 heteroatoms. The second-order valence-electron chi connectivity index (χ2n) is 2.82. The zero-order chi connectivity index (χ0) is 11.4. The van der Waals surface area contributed by atoms with Crippen molar-refractivity contribution >= 4 is 12.6 Å². The van der Waals surface area contributed by atoms with Crippen molar-refractivity contribution in [2.24, 2.45) is 0 Å². The Bertz CT molecular complexity index is 388. The summed E-state index contributed by atoms with van der Waals surface area (Å²) in [5, 5.41) is 0. The first-order chi connectivity index (χ1) is 7.10. The average Bonchev–Trinajstić information content (AvgIpc) is 2.19. The second kappa shape index (κ2) is 4.63. The zero-order valence-corrected chi connectivity index (χ0v) is 7.87. The highest BCUT2D eigenvalue weighted by atomic mass is 19.3. The van der Waals surface area contributed by atoms with Crippen LogP contribution in [-0.4, -0.2) is 19.2 Å². The van der Waals surface area contributed by atoms with Crippen LogP contribution in [0.1, 0.15) is 26.3 Å². The predicted molar refractivity (Wildman–Crippen MR) is 48.6 cm³/mol. The van der Waals surface area contributed by atoms with E-state index in [1.807, 2.05) is 0 Å². The molecule has 80 valence electrons. The summed E-state index contributed by atoms with van der Waals surface area (Å²) in [6, 6.07) is 2.67. The Morgan fingerprint density at radius 2 is 1.80 bits per heavy atom. The second-order valence-corrected chi connectivity index (χ2v) is 2.82. The lowest BCUT2D eigenvalue weighted by atomic mass is 10.0. The van der Waals surface area contributed by atoms with Crippen LogP contribution in [0.3, 0.4) is 0 Å². The van der Waals surface area contributed by atoms with Crippen molar-refractivity contribution in [1.82, 2.24) is 0 Å². The first-order valence-corrected chi connectivity index (χ1v) is 4.09. The van der Waals surface area contributed by atoms with E-state index in [4.69, 9.17) is 0 Å². The molecule has 0 N–H and O–H groups in total. The molecule has 0 aliphatic carbocycles. The Hall–Kier alpha value is -1.78. The summed E-state index contributed by atoms with van der Waals surface area (Å²) in [5.41, 5.74) is 0.460. The molecule has 0 fully saturated rings. The van der Waals surface area contributed by atoms with E-state index >= 15 is 0 Å². The highest BCUT2D eigenvalue weighted by Gasteiger charge is 2.14. The van der Waals surface area contributed by atoms with Crippen LogP contribution in [0.4, 0.5) is 8.78 Å². The zero-order valence-electron chi connectivity index (χ0n) is 7.87. The largest absolute Gasteiger partial charge is 0.434 e. The van der Waals surface area contributed by atoms with Gasteiger partial charge in [0.25, 0.3) is 0 Å². The van der Waals surface area contributed by atoms with Gasteiger partial charge in [0.05, 0.1) is 5.56 Å². The van der Waals surface area contributed by atoms with Crippen molar-refractivity contribution in [3.05, 3.63) is 28.8 Å². The Morgan fingerprint density at radius 1 is 1.20 bits per heavy atom. The Kier molecular flexibility index (Phi) is 3.49. The van der Waals surface area contributed by atoms with E-state index < -0.39 is 6.61 Å². The van der Waals surface area contributed by atoms with Gasteiger partial charge in [0, 0.05) is 5.56 Å². The van der Waals surface area contributed by atoms with Crippen molar-refractivity contribution < 1.29 is 23.1 Å². The number of alkyl halides is 2. The monoisotopic (exact) mass is 214 g/mol. The summed E-state index contributed by atoms with van der Waals surface area (Å²) in [4.78, 5) is 21.3. The molecule has 0 radical (unpaired) electrons.